The smallest absolute Gasteiger partial charge is 0.343 e. The Labute approximate surface area is 122 Å². The molecule has 1 heterocycles. The summed E-state index contributed by atoms with van der Waals surface area (Å²) in [5, 5.41) is 0.566. The zero-order valence-electron chi connectivity index (χ0n) is 11.0. The zero-order valence-corrected chi connectivity index (χ0v) is 11.8. The number of benzene rings is 1. The molecule has 0 saturated carbocycles. The first kappa shape index (κ1) is 14.3. The van der Waals surface area contributed by atoms with Crippen LogP contribution in [0.2, 0.25) is 5.02 Å². The molecule has 2 rings (SSSR count). The summed E-state index contributed by atoms with van der Waals surface area (Å²) in [4.78, 5) is 16.1. The second-order valence-corrected chi connectivity index (χ2v) is 4.36. The molecular formula is C15H14ClNO3. The molecule has 104 valence electrons. The highest BCUT2D eigenvalue weighted by Crippen LogP contribution is 2.19. The van der Waals surface area contributed by atoms with Crippen LogP contribution >= 0.6 is 11.6 Å². The van der Waals surface area contributed by atoms with Crippen molar-refractivity contribution in [1.29, 1.82) is 0 Å². The molecule has 0 bridgehead atoms. The highest BCUT2D eigenvalue weighted by atomic mass is 35.5. The third-order valence-electron chi connectivity index (χ3n) is 2.59. The highest BCUT2D eigenvalue weighted by Gasteiger charge is 2.15. The van der Waals surface area contributed by atoms with Gasteiger partial charge in [0.05, 0.1) is 6.61 Å². The molecule has 0 spiro atoms. The van der Waals surface area contributed by atoms with Gasteiger partial charge in [-0.1, -0.05) is 29.8 Å². The van der Waals surface area contributed by atoms with Crippen LogP contribution in [0.1, 0.15) is 22.8 Å². The Morgan fingerprint density at radius 1 is 1.25 bits per heavy atom. The molecule has 0 aliphatic rings. The van der Waals surface area contributed by atoms with Crippen LogP contribution in [0.5, 0.6) is 5.88 Å². The van der Waals surface area contributed by atoms with E-state index in [1.165, 1.54) is 0 Å². The van der Waals surface area contributed by atoms with E-state index in [2.05, 4.69) is 4.98 Å². The number of pyridine rings is 1. The second-order valence-electron chi connectivity index (χ2n) is 3.96. The minimum atomic E-state index is -0.485. The Morgan fingerprint density at radius 3 is 2.80 bits per heavy atom. The normalized spacial score (nSPS) is 10.1. The Hall–Kier alpha value is -2.07. The number of nitrogens with zero attached hydrogens (tertiary/aromatic N) is 1. The van der Waals surface area contributed by atoms with Crippen molar-refractivity contribution in [2.24, 2.45) is 0 Å². The summed E-state index contributed by atoms with van der Waals surface area (Å²) in [6, 6.07) is 10.5. The minimum Gasteiger partial charge on any atom is -0.477 e. The van der Waals surface area contributed by atoms with Crippen LogP contribution in [-0.2, 0) is 11.3 Å². The summed E-state index contributed by atoms with van der Waals surface area (Å²) in [6.45, 7) is 2.37. The molecule has 0 saturated heterocycles. The van der Waals surface area contributed by atoms with E-state index < -0.39 is 5.97 Å². The van der Waals surface area contributed by atoms with E-state index in [9.17, 15) is 4.79 Å². The van der Waals surface area contributed by atoms with Crippen LogP contribution in [-0.4, -0.2) is 17.6 Å². The van der Waals surface area contributed by atoms with Gasteiger partial charge >= 0.3 is 5.97 Å². The Kier molecular flexibility index (Phi) is 4.96. The fourth-order valence-corrected chi connectivity index (χ4v) is 1.82. The van der Waals surface area contributed by atoms with Gasteiger partial charge in [-0.25, -0.2) is 9.78 Å². The van der Waals surface area contributed by atoms with Gasteiger partial charge in [0.15, 0.2) is 0 Å². The van der Waals surface area contributed by atoms with Crippen LogP contribution in [0.4, 0.5) is 0 Å². The van der Waals surface area contributed by atoms with Crippen molar-refractivity contribution in [2.75, 3.05) is 6.61 Å². The molecule has 0 radical (unpaired) electrons. The molecule has 0 amide bonds. The summed E-state index contributed by atoms with van der Waals surface area (Å²) in [7, 11) is 0. The topological polar surface area (TPSA) is 48.4 Å². The minimum absolute atomic E-state index is 0.110. The van der Waals surface area contributed by atoms with Crippen LogP contribution in [0.25, 0.3) is 0 Å². The van der Waals surface area contributed by atoms with Crippen molar-refractivity contribution >= 4 is 17.6 Å². The van der Waals surface area contributed by atoms with Crippen molar-refractivity contribution < 1.29 is 14.3 Å². The van der Waals surface area contributed by atoms with Crippen molar-refractivity contribution in [2.45, 2.75) is 13.5 Å². The quantitative estimate of drug-likeness (QED) is 0.791. The first-order valence-corrected chi connectivity index (χ1v) is 6.58. The number of carbonyl (C=O) groups excluding carboxylic acids is 1. The molecule has 0 N–H and O–H groups in total. The molecule has 1 aromatic heterocycles. The molecule has 0 unspecified atom stereocenters. The number of hydrogen-bond donors (Lipinski definition) is 0. The lowest BCUT2D eigenvalue weighted by Gasteiger charge is -2.09. The van der Waals surface area contributed by atoms with Crippen LogP contribution in [0.15, 0.2) is 42.6 Å². The van der Waals surface area contributed by atoms with Gasteiger partial charge in [-0.2, -0.15) is 0 Å². The third kappa shape index (κ3) is 3.48. The lowest BCUT2D eigenvalue weighted by Crippen LogP contribution is -2.09. The maximum Gasteiger partial charge on any atom is 0.343 e. The fourth-order valence-electron chi connectivity index (χ4n) is 1.63. The van der Waals surface area contributed by atoms with E-state index in [0.29, 0.717) is 17.2 Å². The van der Waals surface area contributed by atoms with Gasteiger partial charge in [0.1, 0.15) is 12.2 Å². The van der Waals surface area contributed by atoms with Gasteiger partial charge in [-0.15, -0.1) is 0 Å². The Balaban J connectivity index is 2.07. The highest BCUT2D eigenvalue weighted by molar-refractivity contribution is 6.31. The van der Waals surface area contributed by atoms with Crippen LogP contribution in [0.3, 0.4) is 0 Å². The van der Waals surface area contributed by atoms with Crippen LogP contribution in [0, 0.1) is 0 Å². The maximum absolute atomic E-state index is 12.0. The molecule has 2 aromatic rings. The summed E-state index contributed by atoms with van der Waals surface area (Å²) < 4.78 is 10.5. The van der Waals surface area contributed by atoms with Gasteiger partial charge < -0.3 is 9.47 Å². The maximum atomic E-state index is 12.0. The van der Waals surface area contributed by atoms with E-state index in [1.807, 2.05) is 25.1 Å². The molecule has 0 atom stereocenters. The van der Waals surface area contributed by atoms with E-state index >= 15 is 0 Å². The van der Waals surface area contributed by atoms with E-state index in [-0.39, 0.29) is 12.5 Å². The number of aromatic nitrogens is 1. The fraction of sp³-hybridized carbons (Fsp3) is 0.200. The van der Waals surface area contributed by atoms with Gasteiger partial charge in [0.25, 0.3) is 0 Å². The Bertz CT molecular complexity index is 601. The lowest BCUT2D eigenvalue weighted by molar-refractivity contribution is 0.0467. The average Bonchev–Trinajstić information content (AvgIpc) is 2.47. The van der Waals surface area contributed by atoms with E-state index in [1.54, 1.807) is 24.4 Å². The van der Waals surface area contributed by atoms with Crippen molar-refractivity contribution in [1.82, 2.24) is 4.98 Å². The molecule has 1 aromatic carbocycles. The van der Waals surface area contributed by atoms with Crippen molar-refractivity contribution in [3.05, 3.63) is 58.7 Å². The summed E-state index contributed by atoms with van der Waals surface area (Å²) >= 11 is 6.01. The monoisotopic (exact) mass is 291 g/mol. The zero-order chi connectivity index (χ0) is 14.4. The van der Waals surface area contributed by atoms with E-state index in [0.717, 1.165) is 5.56 Å². The molecular weight excluding hydrogens is 278 g/mol. The van der Waals surface area contributed by atoms with E-state index in [4.69, 9.17) is 21.1 Å². The van der Waals surface area contributed by atoms with Crippen LogP contribution < -0.4 is 4.74 Å². The number of ether oxygens (including phenoxy) is 2. The molecule has 0 aliphatic carbocycles. The lowest BCUT2D eigenvalue weighted by atomic mass is 10.2. The summed E-state index contributed by atoms with van der Waals surface area (Å²) in [5.41, 5.74) is 1.06. The average molecular weight is 292 g/mol. The van der Waals surface area contributed by atoms with Gasteiger partial charge in [0, 0.05) is 16.8 Å². The van der Waals surface area contributed by atoms with Crippen molar-refractivity contribution in [3.63, 3.8) is 0 Å². The van der Waals surface area contributed by atoms with Gasteiger partial charge in [0.2, 0.25) is 5.88 Å². The summed E-state index contributed by atoms with van der Waals surface area (Å²) in [6.07, 6.45) is 1.57. The molecule has 0 aliphatic heterocycles. The molecule has 20 heavy (non-hydrogen) atoms. The molecule has 4 nitrogen and oxygen atoms in total. The number of esters is 1. The summed E-state index contributed by atoms with van der Waals surface area (Å²) in [5.74, 6) is -0.208. The van der Waals surface area contributed by atoms with Gasteiger partial charge in [-0.3, -0.25) is 0 Å². The number of hydrogen-bond acceptors (Lipinski definition) is 4. The first-order chi connectivity index (χ1) is 9.72. The predicted molar refractivity (Wildman–Crippen MR) is 76.0 cm³/mol. The molecule has 5 heteroatoms. The number of carbonyl (C=O) groups is 1. The third-order valence-corrected chi connectivity index (χ3v) is 2.96. The standard InChI is InChI=1S/C15H14ClNO3/c1-2-19-14-12(7-5-9-17-14)15(18)20-10-11-6-3-4-8-13(11)16/h3-9H,2,10H2,1H3. The SMILES string of the molecule is CCOc1ncccc1C(=O)OCc1ccccc1Cl. The number of halogens is 1. The Morgan fingerprint density at radius 2 is 2.05 bits per heavy atom. The molecule has 0 fully saturated rings. The predicted octanol–water partition coefficient (Wildman–Crippen LogP) is 3.49. The first-order valence-electron chi connectivity index (χ1n) is 6.20. The number of rotatable bonds is 5. The van der Waals surface area contributed by atoms with Gasteiger partial charge in [-0.05, 0) is 25.1 Å². The largest absolute Gasteiger partial charge is 0.477 e. The second kappa shape index (κ2) is 6.91. The van der Waals surface area contributed by atoms with Crippen molar-refractivity contribution in [3.8, 4) is 5.88 Å².